The monoisotopic (exact) mass is 254 g/mol. The molecule has 0 amide bonds. The predicted molar refractivity (Wildman–Crippen MR) is 74.5 cm³/mol. The van der Waals surface area contributed by atoms with E-state index in [9.17, 15) is 9.90 Å². The largest absolute Gasteiger partial charge is 0.507 e. The number of ether oxygens (including phenoxy) is 1. The molecule has 0 heterocycles. The number of methoxy groups -OCH3 is 1. The van der Waals surface area contributed by atoms with Crippen LogP contribution in [0, 0.1) is 0 Å². The molecule has 96 valence electrons. The van der Waals surface area contributed by atoms with E-state index >= 15 is 0 Å². The van der Waals surface area contributed by atoms with E-state index in [-0.39, 0.29) is 17.1 Å². The van der Waals surface area contributed by atoms with Gasteiger partial charge in [0.25, 0.3) is 0 Å². The van der Waals surface area contributed by atoms with Gasteiger partial charge in [-0.05, 0) is 23.8 Å². The van der Waals surface area contributed by atoms with Crippen molar-refractivity contribution in [3.8, 4) is 11.5 Å². The van der Waals surface area contributed by atoms with E-state index in [4.69, 9.17) is 4.74 Å². The van der Waals surface area contributed by atoms with Crippen molar-refractivity contribution in [2.75, 3.05) is 7.11 Å². The summed E-state index contributed by atoms with van der Waals surface area (Å²) in [6, 6.07) is 14.1. The van der Waals surface area contributed by atoms with Crippen LogP contribution in [0.1, 0.15) is 15.9 Å². The fourth-order valence-corrected chi connectivity index (χ4v) is 1.67. The fourth-order valence-electron chi connectivity index (χ4n) is 1.67. The molecule has 0 aliphatic carbocycles. The average molecular weight is 254 g/mol. The van der Waals surface area contributed by atoms with Crippen LogP contribution in [-0.4, -0.2) is 18.0 Å². The number of aromatic hydroxyl groups is 1. The first kappa shape index (κ1) is 12.9. The van der Waals surface area contributed by atoms with E-state index in [1.165, 1.54) is 19.3 Å². The second-order valence-corrected chi connectivity index (χ2v) is 3.99. The van der Waals surface area contributed by atoms with E-state index in [0.29, 0.717) is 5.75 Å². The zero-order chi connectivity index (χ0) is 13.7. The molecular formula is C16H14O3. The van der Waals surface area contributed by atoms with Gasteiger partial charge in [0, 0.05) is 6.07 Å². The molecule has 0 saturated carbocycles. The SMILES string of the molecule is COc1ccc(C(=O)/C=C/c2ccccc2)c(O)c1. The molecular weight excluding hydrogens is 240 g/mol. The summed E-state index contributed by atoms with van der Waals surface area (Å²) < 4.78 is 4.97. The molecule has 2 rings (SSSR count). The molecule has 19 heavy (non-hydrogen) atoms. The number of allylic oxidation sites excluding steroid dienone is 1. The summed E-state index contributed by atoms with van der Waals surface area (Å²) >= 11 is 0. The molecule has 3 nitrogen and oxygen atoms in total. The Labute approximate surface area is 111 Å². The van der Waals surface area contributed by atoms with Gasteiger partial charge in [-0.15, -0.1) is 0 Å². The molecule has 2 aromatic rings. The number of phenolic OH excluding ortho intramolecular Hbond substituents is 1. The molecule has 0 saturated heterocycles. The van der Waals surface area contributed by atoms with Crippen molar-refractivity contribution in [2.24, 2.45) is 0 Å². The Hall–Kier alpha value is -2.55. The quantitative estimate of drug-likeness (QED) is 0.672. The number of phenols is 1. The highest BCUT2D eigenvalue weighted by Crippen LogP contribution is 2.24. The Morgan fingerprint density at radius 3 is 2.53 bits per heavy atom. The smallest absolute Gasteiger partial charge is 0.189 e. The van der Waals surface area contributed by atoms with Crippen LogP contribution in [-0.2, 0) is 0 Å². The maximum atomic E-state index is 12.0. The van der Waals surface area contributed by atoms with E-state index in [1.807, 2.05) is 30.3 Å². The first-order valence-electron chi connectivity index (χ1n) is 5.85. The van der Waals surface area contributed by atoms with Gasteiger partial charge in [-0.1, -0.05) is 36.4 Å². The Bertz CT molecular complexity index is 601. The average Bonchev–Trinajstić information content (AvgIpc) is 2.45. The normalized spacial score (nSPS) is 10.6. The van der Waals surface area contributed by atoms with Gasteiger partial charge in [-0.3, -0.25) is 4.79 Å². The van der Waals surface area contributed by atoms with Crippen LogP contribution in [0.25, 0.3) is 6.08 Å². The highest BCUT2D eigenvalue weighted by atomic mass is 16.5. The lowest BCUT2D eigenvalue weighted by atomic mass is 10.1. The zero-order valence-corrected chi connectivity index (χ0v) is 10.5. The summed E-state index contributed by atoms with van der Waals surface area (Å²) in [5, 5.41) is 9.76. The topological polar surface area (TPSA) is 46.5 Å². The molecule has 0 radical (unpaired) electrons. The minimum atomic E-state index is -0.246. The Morgan fingerprint density at radius 2 is 1.89 bits per heavy atom. The molecule has 0 atom stereocenters. The van der Waals surface area contributed by atoms with E-state index in [2.05, 4.69) is 0 Å². The van der Waals surface area contributed by atoms with Crippen molar-refractivity contribution in [1.82, 2.24) is 0 Å². The first-order valence-corrected chi connectivity index (χ1v) is 5.85. The van der Waals surface area contributed by atoms with Crippen LogP contribution in [0.4, 0.5) is 0 Å². The molecule has 1 N–H and O–H groups in total. The standard InChI is InChI=1S/C16H14O3/c1-19-13-8-9-14(16(18)11-13)15(17)10-7-12-5-3-2-4-6-12/h2-11,18H,1H3/b10-7+. The van der Waals surface area contributed by atoms with Crippen molar-refractivity contribution in [1.29, 1.82) is 0 Å². The van der Waals surface area contributed by atoms with Gasteiger partial charge in [0.15, 0.2) is 5.78 Å². The maximum Gasteiger partial charge on any atom is 0.189 e. The molecule has 3 heteroatoms. The summed E-state index contributed by atoms with van der Waals surface area (Å²) in [4.78, 5) is 12.0. The number of ketones is 1. The second kappa shape index (κ2) is 5.87. The van der Waals surface area contributed by atoms with E-state index in [0.717, 1.165) is 5.56 Å². The molecule has 0 spiro atoms. The lowest BCUT2D eigenvalue weighted by Gasteiger charge is -2.03. The lowest BCUT2D eigenvalue weighted by Crippen LogP contribution is -1.95. The number of carbonyl (C=O) groups excluding carboxylic acids is 1. The molecule has 2 aromatic carbocycles. The van der Waals surface area contributed by atoms with Gasteiger partial charge in [0.1, 0.15) is 11.5 Å². The summed E-state index contributed by atoms with van der Waals surface area (Å²) in [7, 11) is 1.51. The van der Waals surface area contributed by atoms with Crippen molar-refractivity contribution < 1.29 is 14.6 Å². The molecule has 0 fully saturated rings. The first-order chi connectivity index (χ1) is 9.20. The highest BCUT2D eigenvalue weighted by Gasteiger charge is 2.08. The van der Waals surface area contributed by atoms with Gasteiger partial charge < -0.3 is 9.84 Å². The Balaban J connectivity index is 2.19. The summed E-state index contributed by atoms with van der Waals surface area (Å²) in [6.07, 6.45) is 3.16. The molecule has 0 bridgehead atoms. The zero-order valence-electron chi connectivity index (χ0n) is 10.5. The van der Waals surface area contributed by atoms with E-state index in [1.54, 1.807) is 18.2 Å². The second-order valence-electron chi connectivity index (χ2n) is 3.99. The number of rotatable bonds is 4. The van der Waals surface area contributed by atoms with Gasteiger partial charge in [-0.2, -0.15) is 0 Å². The van der Waals surface area contributed by atoms with Crippen LogP contribution in [0.3, 0.4) is 0 Å². The van der Waals surface area contributed by atoms with E-state index < -0.39 is 0 Å². The predicted octanol–water partition coefficient (Wildman–Crippen LogP) is 3.30. The van der Waals surface area contributed by atoms with Crippen molar-refractivity contribution in [3.05, 3.63) is 65.7 Å². The number of benzene rings is 2. The Morgan fingerprint density at radius 1 is 1.16 bits per heavy atom. The van der Waals surface area contributed by atoms with Crippen LogP contribution < -0.4 is 4.74 Å². The van der Waals surface area contributed by atoms with Crippen LogP contribution in [0.2, 0.25) is 0 Å². The van der Waals surface area contributed by atoms with Gasteiger partial charge in [-0.25, -0.2) is 0 Å². The molecule has 0 unspecified atom stereocenters. The minimum absolute atomic E-state index is 0.0814. The lowest BCUT2D eigenvalue weighted by molar-refractivity contribution is 0.104. The van der Waals surface area contributed by atoms with Gasteiger partial charge >= 0.3 is 0 Å². The Kier molecular flexibility index (Phi) is 3.98. The maximum absolute atomic E-state index is 12.0. The molecule has 0 aliphatic rings. The van der Waals surface area contributed by atoms with Gasteiger partial charge in [0.2, 0.25) is 0 Å². The highest BCUT2D eigenvalue weighted by molar-refractivity contribution is 6.08. The van der Waals surface area contributed by atoms with Crippen molar-refractivity contribution in [3.63, 3.8) is 0 Å². The third-order valence-electron chi connectivity index (χ3n) is 2.70. The fraction of sp³-hybridized carbons (Fsp3) is 0.0625. The van der Waals surface area contributed by atoms with Gasteiger partial charge in [0.05, 0.1) is 12.7 Å². The summed E-state index contributed by atoms with van der Waals surface area (Å²) in [6.45, 7) is 0. The van der Waals surface area contributed by atoms with Crippen molar-refractivity contribution >= 4 is 11.9 Å². The number of carbonyl (C=O) groups is 1. The molecule has 0 aliphatic heterocycles. The van der Waals surface area contributed by atoms with Crippen LogP contribution in [0.5, 0.6) is 11.5 Å². The summed E-state index contributed by atoms with van der Waals surface area (Å²) in [5.74, 6) is 0.187. The summed E-state index contributed by atoms with van der Waals surface area (Å²) in [5.41, 5.74) is 1.19. The van der Waals surface area contributed by atoms with Crippen molar-refractivity contribution in [2.45, 2.75) is 0 Å². The molecule has 0 aromatic heterocycles. The minimum Gasteiger partial charge on any atom is -0.507 e. The number of hydrogen-bond donors (Lipinski definition) is 1. The van der Waals surface area contributed by atoms with Crippen LogP contribution in [0.15, 0.2) is 54.6 Å². The third kappa shape index (κ3) is 3.22. The van der Waals surface area contributed by atoms with Crippen LogP contribution >= 0.6 is 0 Å². The third-order valence-corrected chi connectivity index (χ3v) is 2.70. The number of hydrogen-bond acceptors (Lipinski definition) is 3.